The summed E-state index contributed by atoms with van der Waals surface area (Å²) in [6, 6.07) is 13.5. The van der Waals surface area contributed by atoms with Gasteiger partial charge < -0.3 is 29.5 Å². The number of carboxylic acids is 1. The van der Waals surface area contributed by atoms with Crippen LogP contribution in [0.2, 0.25) is 10.0 Å². The number of methoxy groups -OCH3 is 2. The fourth-order valence-electron chi connectivity index (χ4n) is 4.59. The molecule has 11 heteroatoms. The van der Waals surface area contributed by atoms with Crippen LogP contribution < -0.4 is 14.4 Å². The van der Waals surface area contributed by atoms with Gasteiger partial charge in [0.1, 0.15) is 10.8 Å². The first-order valence-corrected chi connectivity index (χ1v) is 12.7. The average Bonchev–Trinajstić information content (AvgIpc) is 3.17. The smallest absolute Gasteiger partial charge is 0.335 e. The van der Waals surface area contributed by atoms with Crippen molar-refractivity contribution in [2.24, 2.45) is 0 Å². The first-order chi connectivity index (χ1) is 19.0. The Balaban J connectivity index is 1.91. The van der Waals surface area contributed by atoms with E-state index in [0.717, 1.165) is 5.69 Å². The molecule has 1 heterocycles. The number of nitrogens with zero attached hydrogens (tertiary/aromatic N) is 2. The molecular weight excluding hydrogens is 559 g/mol. The molecule has 0 saturated carbocycles. The number of hydrogen-bond donors (Lipinski definition) is 2. The van der Waals surface area contributed by atoms with Crippen LogP contribution in [0.3, 0.4) is 0 Å². The summed E-state index contributed by atoms with van der Waals surface area (Å²) in [4.78, 5) is 41.4. The lowest BCUT2D eigenvalue weighted by Crippen LogP contribution is -2.29. The molecular formula is C29H26Cl2N2O7. The third-order valence-corrected chi connectivity index (χ3v) is 7.24. The molecule has 1 saturated heterocycles. The predicted octanol–water partition coefficient (Wildman–Crippen LogP) is 5.40. The van der Waals surface area contributed by atoms with E-state index < -0.39 is 29.5 Å². The van der Waals surface area contributed by atoms with Gasteiger partial charge in [-0.15, -0.1) is 0 Å². The van der Waals surface area contributed by atoms with Crippen molar-refractivity contribution < 1.29 is 34.1 Å². The number of halogens is 2. The van der Waals surface area contributed by atoms with E-state index in [1.807, 2.05) is 31.1 Å². The number of aromatic carboxylic acids is 1. The Morgan fingerprint density at radius 3 is 2.08 bits per heavy atom. The van der Waals surface area contributed by atoms with E-state index in [9.17, 15) is 24.6 Å². The molecule has 1 fully saturated rings. The quantitative estimate of drug-likeness (QED) is 0.205. The minimum absolute atomic E-state index is 0.0111. The van der Waals surface area contributed by atoms with E-state index in [1.165, 1.54) is 37.3 Å². The highest BCUT2D eigenvalue weighted by atomic mass is 35.5. The molecule has 1 aliphatic heterocycles. The summed E-state index contributed by atoms with van der Waals surface area (Å²) in [7, 11) is 6.47. The van der Waals surface area contributed by atoms with Gasteiger partial charge in [-0.05, 0) is 41.5 Å². The number of carbonyl (C=O) groups is 3. The number of carboxylic acid groups (broad SMARTS) is 1. The second kappa shape index (κ2) is 11.5. The van der Waals surface area contributed by atoms with Crippen molar-refractivity contribution in [1.82, 2.24) is 4.90 Å². The fraction of sp³-hybridized carbons (Fsp3) is 0.207. The lowest BCUT2D eigenvalue weighted by Gasteiger charge is -2.26. The molecule has 0 bridgehead atoms. The standard InChI is InChI=1S/C29H26Cl2N2O7/c1-32(2)18-11-9-16(10-12-18)23-21(24(34)19-13-20(30)27(40-4)22(31)26(19)39-3)25(35)28(36)33(23)14-15-5-7-17(8-6-15)29(37)38/h5-13,23,34H,14H2,1-4H3,(H,37,38)/b24-21+. The van der Waals surface area contributed by atoms with E-state index in [-0.39, 0.29) is 44.8 Å². The number of ether oxygens (including phenoxy) is 2. The largest absolute Gasteiger partial charge is 0.507 e. The van der Waals surface area contributed by atoms with Gasteiger partial charge in [0, 0.05) is 26.3 Å². The van der Waals surface area contributed by atoms with E-state index in [0.29, 0.717) is 11.1 Å². The number of rotatable bonds is 8. The Morgan fingerprint density at radius 2 is 1.55 bits per heavy atom. The number of aliphatic hydroxyl groups excluding tert-OH is 1. The maximum absolute atomic E-state index is 13.5. The monoisotopic (exact) mass is 584 g/mol. The van der Waals surface area contributed by atoms with Gasteiger partial charge in [0.15, 0.2) is 11.5 Å². The zero-order valence-corrected chi connectivity index (χ0v) is 23.6. The molecule has 0 radical (unpaired) electrons. The molecule has 208 valence electrons. The van der Waals surface area contributed by atoms with E-state index in [1.54, 1.807) is 24.3 Å². The second-order valence-electron chi connectivity index (χ2n) is 9.20. The number of aliphatic hydroxyl groups is 1. The van der Waals surface area contributed by atoms with Crippen LogP contribution in [0.25, 0.3) is 5.76 Å². The van der Waals surface area contributed by atoms with Crippen LogP contribution in [0.15, 0.2) is 60.2 Å². The molecule has 9 nitrogen and oxygen atoms in total. The van der Waals surface area contributed by atoms with Crippen molar-refractivity contribution in [3.63, 3.8) is 0 Å². The van der Waals surface area contributed by atoms with Crippen molar-refractivity contribution in [3.05, 3.63) is 92.5 Å². The summed E-state index contributed by atoms with van der Waals surface area (Å²) in [6.07, 6.45) is 0. The summed E-state index contributed by atoms with van der Waals surface area (Å²) in [6.45, 7) is -0.0252. The summed E-state index contributed by atoms with van der Waals surface area (Å²) >= 11 is 12.8. The molecule has 3 aromatic carbocycles. The highest BCUT2D eigenvalue weighted by molar-refractivity contribution is 6.47. The topological polar surface area (TPSA) is 117 Å². The lowest BCUT2D eigenvalue weighted by atomic mass is 9.94. The maximum Gasteiger partial charge on any atom is 0.335 e. The average molecular weight is 585 g/mol. The summed E-state index contributed by atoms with van der Waals surface area (Å²) in [5.41, 5.74) is 1.97. The first-order valence-electron chi connectivity index (χ1n) is 12.0. The number of hydrogen-bond acceptors (Lipinski definition) is 7. The number of Topliss-reactive ketones (excluding diaryl/α,β-unsaturated/α-hetero) is 1. The van der Waals surface area contributed by atoms with Gasteiger partial charge in [0.05, 0.1) is 42.0 Å². The SMILES string of the molecule is COc1c(Cl)cc(/C(O)=C2\C(=O)C(=O)N(Cc3ccc(C(=O)O)cc3)C2c2ccc(N(C)C)cc2)c(OC)c1Cl. The number of carbonyl (C=O) groups excluding carboxylic acids is 2. The molecule has 2 N–H and O–H groups in total. The zero-order valence-electron chi connectivity index (χ0n) is 22.1. The number of anilines is 1. The van der Waals surface area contributed by atoms with Crippen molar-refractivity contribution in [2.45, 2.75) is 12.6 Å². The summed E-state index contributed by atoms with van der Waals surface area (Å²) < 4.78 is 10.7. The van der Waals surface area contributed by atoms with E-state index in [2.05, 4.69) is 0 Å². The van der Waals surface area contributed by atoms with Crippen LogP contribution in [0.5, 0.6) is 11.5 Å². The summed E-state index contributed by atoms with van der Waals surface area (Å²) in [5.74, 6) is -3.22. The fourth-order valence-corrected chi connectivity index (χ4v) is 5.27. The Morgan fingerprint density at radius 1 is 0.950 bits per heavy atom. The Labute approximate surface area is 240 Å². The van der Waals surface area contributed by atoms with E-state index in [4.69, 9.17) is 32.7 Å². The van der Waals surface area contributed by atoms with Crippen LogP contribution in [0, 0.1) is 0 Å². The molecule has 40 heavy (non-hydrogen) atoms. The number of benzene rings is 3. The molecule has 0 aromatic heterocycles. The molecule has 1 aliphatic rings. The number of ketones is 1. The van der Waals surface area contributed by atoms with E-state index >= 15 is 0 Å². The first kappa shape index (κ1) is 28.8. The highest BCUT2D eigenvalue weighted by Crippen LogP contribution is 2.47. The molecule has 0 spiro atoms. The van der Waals surface area contributed by atoms with Gasteiger partial charge in [-0.25, -0.2) is 4.79 Å². The van der Waals surface area contributed by atoms with Crippen molar-refractivity contribution in [1.29, 1.82) is 0 Å². The number of amides is 1. The molecule has 4 rings (SSSR count). The van der Waals surface area contributed by atoms with Crippen molar-refractivity contribution in [3.8, 4) is 11.5 Å². The molecule has 1 unspecified atom stereocenters. The third-order valence-electron chi connectivity index (χ3n) is 6.61. The lowest BCUT2D eigenvalue weighted by molar-refractivity contribution is -0.140. The Bertz CT molecular complexity index is 1520. The minimum Gasteiger partial charge on any atom is -0.507 e. The van der Waals surface area contributed by atoms with Crippen molar-refractivity contribution in [2.75, 3.05) is 33.2 Å². The molecule has 0 aliphatic carbocycles. The predicted molar refractivity (Wildman–Crippen MR) is 152 cm³/mol. The molecule has 1 atom stereocenters. The zero-order chi connectivity index (χ0) is 29.3. The van der Waals surface area contributed by atoms with Crippen LogP contribution in [-0.4, -0.2) is 61.1 Å². The maximum atomic E-state index is 13.5. The van der Waals surface area contributed by atoms with Gasteiger partial charge in [-0.2, -0.15) is 0 Å². The van der Waals surface area contributed by atoms with Gasteiger partial charge in [0.2, 0.25) is 0 Å². The third kappa shape index (κ3) is 5.17. The van der Waals surface area contributed by atoms with Gasteiger partial charge in [0.25, 0.3) is 11.7 Å². The Kier molecular flexibility index (Phi) is 8.27. The van der Waals surface area contributed by atoms with Crippen LogP contribution >= 0.6 is 23.2 Å². The van der Waals surface area contributed by atoms with Crippen LogP contribution in [0.1, 0.15) is 33.1 Å². The number of likely N-dealkylation sites (tertiary alicyclic amines) is 1. The molecule has 3 aromatic rings. The van der Waals surface area contributed by atoms with Crippen LogP contribution in [0.4, 0.5) is 5.69 Å². The summed E-state index contributed by atoms with van der Waals surface area (Å²) in [5, 5.41) is 20.8. The van der Waals surface area contributed by atoms with Gasteiger partial charge in [-0.1, -0.05) is 47.5 Å². The highest BCUT2D eigenvalue weighted by Gasteiger charge is 2.46. The normalized spacial score (nSPS) is 16.2. The Hall–Kier alpha value is -4.21. The van der Waals surface area contributed by atoms with Gasteiger partial charge >= 0.3 is 5.97 Å². The minimum atomic E-state index is -1.08. The van der Waals surface area contributed by atoms with Crippen LogP contribution in [-0.2, 0) is 16.1 Å². The molecule has 1 amide bonds. The van der Waals surface area contributed by atoms with Crippen molar-refractivity contribution >= 4 is 52.3 Å². The second-order valence-corrected chi connectivity index (χ2v) is 9.99. The van der Waals surface area contributed by atoms with Gasteiger partial charge in [-0.3, -0.25) is 9.59 Å².